The van der Waals surface area contributed by atoms with Gasteiger partial charge in [-0.3, -0.25) is 0 Å². The average Bonchev–Trinajstić information content (AvgIpc) is 2.31. The summed E-state index contributed by atoms with van der Waals surface area (Å²) < 4.78 is 23.1. The largest absolute Gasteiger partial charge is 0.354 e. The molecule has 0 aromatic heterocycles. The predicted molar refractivity (Wildman–Crippen MR) is 65.2 cm³/mol. The number of methoxy groups -OCH3 is 2. The lowest BCUT2D eigenvalue weighted by Gasteiger charge is -2.26. The highest BCUT2D eigenvalue weighted by molar-refractivity contribution is 5.19. The van der Waals surface area contributed by atoms with Crippen LogP contribution in [-0.4, -0.2) is 26.6 Å². The molecule has 0 aliphatic rings. The van der Waals surface area contributed by atoms with Gasteiger partial charge in [-0.25, -0.2) is 4.39 Å². The Bertz CT molecular complexity index is 325. The fourth-order valence-electron chi connectivity index (χ4n) is 1.83. The first kappa shape index (κ1) is 14.1. The molecule has 3 nitrogen and oxygen atoms in total. The number of rotatable bonds is 6. The third-order valence-corrected chi connectivity index (χ3v) is 2.76. The highest BCUT2D eigenvalue weighted by Crippen LogP contribution is 2.14. The maximum Gasteiger partial charge on any atom is 0.171 e. The number of halogens is 1. The van der Waals surface area contributed by atoms with E-state index in [0.717, 1.165) is 5.56 Å². The first-order chi connectivity index (χ1) is 8.08. The lowest BCUT2D eigenvalue weighted by molar-refractivity contribution is -0.120. The number of benzene rings is 1. The van der Waals surface area contributed by atoms with E-state index in [1.165, 1.54) is 12.1 Å². The molecule has 0 aliphatic carbocycles. The lowest BCUT2D eigenvalue weighted by Crippen LogP contribution is -2.40. The van der Waals surface area contributed by atoms with Gasteiger partial charge in [0, 0.05) is 20.3 Å². The van der Waals surface area contributed by atoms with E-state index in [-0.39, 0.29) is 24.2 Å². The molecule has 2 atom stereocenters. The summed E-state index contributed by atoms with van der Waals surface area (Å²) >= 11 is 0. The van der Waals surface area contributed by atoms with Crippen LogP contribution >= 0.6 is 0 Å². The summed E-state index contributed by atoms with van der Waals surface area (Å²) in [5.74, 6) is -0.222. The summed E-state index contributed by atoms with van der Waals surface area (Å²) in [5.41, 5.74) is 1.03. The van der Waals surface area contributed by atoms with E-state index >= 15 is 0 Å². The van der Waals surface area contributed by atoms with Crippen LogP contribution in [0.5, 0.6) is 0 Å². The molecule has 0 heterocycles. The topological polar surface area (TPSA) is 30.5 Å². The molecule has 96 valence electrons. The second-order valence-electron chi connectivity index (χ2n) is 4.07. The zero-order chi connectivity index (χ0) is 12.8. The number of nitrogens with one attached hydrogen (secondary N) is 1. The Morgan fingerprint density at radius 3 is 2.06 bits per heavy atom. The van der Waals surface area contributed by atoms with Gasteiger partial charge in [-0.1, -0.05) is 12.1 Å². The van der Waals surface area contributed by atoms with E-state index in [2.05, 4.69) is 5.32 Å². The third-order valence-electron chi connectivity index (χ3n) is 2.76. The Morgan fingerprint density at radius 2 is 1.59 bits per heavy atom. The second-order valence-corrected chi connectivity index (χ2v) is 4.07. The van der Waals surface area contributed by atoms with E-state index < -0.39 is 0 Å². The SMILES string of the molecule is COC(OC)C(C)N[C@H](C)c1ccc(F)cc1. The molecule has 17 heavy (non-hydrogen) atoms. The van der Waals surface area contributed by atoms with Gasteiger partial charge in [0.1, 0.15) is 5.82 Å². The molecule has 0 saturated heterocycles. The minimum Gasteiger partial charge on any atom is -0.354 e. The van der Waals surface area contributed by atoms with Gasteiger partial charge in [0.2, 0.25) is 0 Å². The molecule has 4 heteroatoms. The molecule has 0 fully saturated rings. The molecule has 0 aliphatic heterocycles. The predicted octanol–water partition coefficient (Wildman–Crippen LogP) is 2.48. The van der Waals surface area contributed by atoms with Crippen molar-refractivity contribution < 1.29 is 13.9 Å². The normalized spacial score (nSPS) is 14.9. The van der Waals surface area contributed by atoms with Crippen LogP contribution < -0.4 is 5.32 Å². The quantitative estimate of drug-likeness (QED) is 0.776. The molecule has 1 rings (SSSR count). The van der Waals surface area contributed by atoms with Crippen LogP contribution in [0.3, 0.4) is 0 Å². The van der Waals surface area contributed by atoms with Gasteiger partial charge in [-0.05, 0) is 31.5 Å². The lowest BCUT2D eigenvalue weighted by atomic mass is 10.1. The van der Waals surface area contributed by atoms with Crippen molar-refractivity contribution in [2.75, 3.05) is 14.2 Å². The van der Waals surface area contributed by atoms with Crippen LogP contribution in [0.4, 0.5) is 4.39 Å². The van der Waals surface area contributed by atoms with Crippen molar-refractivity contribution in [1.29, 1.82) is 0 Å². The minimum atomic E-state index is -0.294. The Labute approximate surface area is 102 Å². The molecule has 0 saturated carbocycles. The summed E-state index contributed by atoms with van der Waals surface area (Å²) in [7, 11) is 3.21. The zero-order valence-electron chi connectivity index (χ0n) is 10.7. The molecule has 0 bridgehead atoms. The highest BCUT2D eigenvalue weighted by atomic mass is 19.1. The van der Waals surface area contributed by atoms with Crippen LogP contribution in [0.25, 0.3) is 0 Å². The maximum atomic E-state index is 12.8. The Hall–Kier alpha value is -0.970. The zero-order valence-corrected chi connectivity index (χ0v) is 10.7. The molecular weight excluding hydrogens is 221 g/mol. The monoisotopic (exact) mass is 241 g/mol. The van der Waals surface area contributed by atoms with Gasteiger partial charge >= 0.3 is 0 Å². The van der Waals surface area contributed by atoms with Crippen LogP contribution in [0.1, 0.15) is 25.5 Å². The van der Waals surface area contributed by atoms with Gasteiger partial charge in [0.05, 0.1) is 6.04 Å². The van der Waals surface area contributed by atoms with Gasteiger partial charge < -0.3 is 14.8 Å². The van der Waals surface area contributed by atoms with E-state index in [4.69, 9.17) is 9.47 Å². The molecule has 0 radical (unpaired) electrons. The van der Waals surface area contributed by atoms with Crippen molar-refractivity contribution in [3.63, 3.8) is 0 Å². The van der Waals surface area contributed by atoms with Gasteiger partial charge in [0.15, 0.2) is 6.29 Å². The fourth-order valence-corrected chi connectivity index (χ4v) is 1.83. The highest BCUT2D eigenvalue weighted by Gasteiger charge is 2.18. The van der Waals surface area contributed by atoms with Crippen LogP contribution in [0.2, 0.25) is 0 Å². The van der Waals surface area contributed by atoms with Crippen molar-refractivity contribution >= 4 is 0 Å². The van der Waals surface area contributed by atoms with E-state index in [1.807, 2.05) is 13.8 Å². The third kappa shape index (κ3) is 4.07. The number of hydrogen-bond acceptors (Lipinski definition) is 3. The number of hydrogen-bond donors (Lipinski definition) is 1. The van der Waals surface area contributed by atoms with Crippen LogP contribution in [0.15, 0.2) is 24.3 Å². The minimum absolute atomic E-state index is 0.0463. The van der Waals surface area contributed by atoms with Crippen molar-refractivity contribution in [2.24, 2.45) is 0 Å². The van der Waals surface area contributed by atoms with E-state index in [0.29, 0.717) is 0 Å². The molecule has 1 aromatic rings. The van der Waals surface area contributed by atoms with Crippen molar-refractivity contribution in [3.05, 3.63) is 35.6 Å². The molecule has 1 aromatic carbocycles. The first-order valence-corrected chi connectivity index (χ1v) is 5.65. The fraction of sp³-hybridized carbons (Fsp3) is 0.538. The van der Waals surface area contributed by atoms with Gasteiger partial charge in [-0.15, -0.1) is 0 Å². The van der Waals surface area contributed by atoms with Gasteiger partial charge in [0.25, 0.3) is 0 Å². The molecule has 0 spiro atoms. The van der Waals surface area contributed by atoms with Crippen molar-refractivity contribution in [1.82, 2.24) is 5.32 Å². The maximum absolute atomic E-state index is 12.8. The van der Waals surface area contributed by atoms with E-state index in [9.17, 15) is 4.39 Å². The standard InChI is InChI=1S/C13H20FNO2/c1-9(11-5-7-12(14)8-6-11)15-10(2)13(16-3)17-4/h5-10,13,15H,1-4H3/t9-,10?/m1/s1. The van der Waals surface area contributed by atoms with Gasteiger partial charge in [-0.2, -0.15) is 0 Å². The average molecular weight is 241 g/mol. The number of ether oxygens (including phenoxy) is 2. The second kappa shape index (κ2) is 6.69. The molecular formula is C13H20FNO2. The molecule has 0 amide bonds. The summed E-state index contributed by atoms with van der Waals surface area (Å²) in [6.07, 6.45) is -0.294. The summed E-state index contributed by atoms with van der Waals surface area (Å²) in [4.78, 5) is 0. The Kier molecular flexibility index (Phi) is 5.55. The Morgan fingerprint density at radius 1 is 1.06 bits per heavy atom. The van der Waals surface area contributed by atoms with Crippen molar-refractivity contribution in [3.8, 4) is 0 Å². The summed E-state index contributed by atoms with van der Waals surface area (Å²) in [6.45, 7) is 4.00. The van der Waals surface area contributed by atoms with Crippen LogP contribution in [-0.2, 0) is 9.47 Å². The first-order valence-electron chi connectivity index (χ1n) is 5.65. The van der Waals surface area contributed by atoms with Crippen molar-refractivity contribution in [2.45, 2.75) is 32.2 Å². The summed E-state index contributed by atoms with van der Waals surface area (Å²) in [6, 6.07) is 6.62. The smallest absolute Gasteiger partial charge is 0.171 e. The molecule has 1 unspecified atom stereocenters. The molecule has 1 N–H and O–H groups in total. The summed E-state index contributed by atoms with van der Waals surface area (Å²) in [5, 5.41) is 3.35. The Balaban J connectivity index is 2.59. The van der Waals surface area contributed by atoms with E-state index in [1.54, 1.807) is 26.4 Å². The van der Waals surface area contributed by atoms with Crippen LogP contribution in [0, 0.1) is 5.82 Å².